The molecule has 0 heterocycles. The molecule has 19 heavy (non-hydrogen) atoms. The lowest BCUT2D eigenvalue weighted by Crippen LogP contribution is -2.34. The third-order valence-electron chi connectivity index (χ3n) is 2.50. The SMILES string of the molecule is O=S(O)(O)(c1ccccc1)c1c(F)cc(F)cc1F. The summed E-state index contributed by atoms with van der Waals surface area (Å²) in [5.41, 5.74) is 0. The van der Waals surface area contributed by atoms with Crippen LogP contribution in [0.5, 0.6) is 0 Å². The Morgan fingerprint density at radius 1 is 0.895 bits per heavy atom. The van der Waals surface area contributed by atoms with Crippen LogP contribution in [0.1, 0.15) is 0 Å². The number of halogens is 3. The molecule has 0 aromatic heterocycles. The summed E-state index contributed by atoms with van der Waals surface area (Å²) in [4.78, 5) is -2.05. The lowest BCUT2D eigenvalue weighted by atomic mass is 10.3. The van der Waals surface area contributed by atoms with Gasteiger partial charge in [0, 0.05) is 12.1 Å². The van der Waals surface area contributed by atoms with Crippen LogP contribution in [-0.2, 0) is 9.63 Å². The molecule has 0 amide bonds. The van der Waals surface area contributed by atoms with Crippen molar-refractivity contribution >= 4 is 9.63 Å². The molecule has 7 heteroatoms. The average molecular weight is 290 g/mol. The van der Waals surface area contributed by atoms with Gasteiger partial charge in [0.2, 0.25) is 0 Å². The Morgan fingerprint density at radius 3 is 1.84 bits per heavy atom. The van der Waals surface area contributed by atoms with Gasteiger partial charge in [-0.25, -0.2) is 17.4 Å². The van der Waals surface area contributed by atoms with Gasteiger partial charge in [0.25, 0.3) is 0 Å². The van der Waals surface area contributed by atoms with Crippen molar-refractivity contribution in [1.82, 2.24) is 0 Å². The van der Waals surface area contributed by atoms with E-state index >= 15 is 0 Å². The van der Waals surface area contributed by atoms with Crippen LogP contribution in [-0.4, -0.2) is 13.3 Å². The van der Waals surface area contributed by atoms with Crippen LogP contribution < -0.4 is 0 Å². The normalized spacial score (nSPS) is 13.8. The first-order chi connectivity index (χ1) is 8.71. The Morgan fingerprint density at radius 2 is 1.37 bits per heavy atom. The van der Waals surface area contributed by atoms with Crippen LogP contribution in [0.25, 0.3) is 0 Å². The first-order valence-electron chi connectivity index (χ1n) is 5.07. The second kappa shape index (κ2) is 4.16. The van der Waals surface area contributed by atoms with Crippen LogP contribution in [0.2, 0.25) is 0 Å². The molecule has 0 fully saturated rings. The fourth-order valence-corrected chi connectivity index (χ4v) is 3.37. The second-order valence-electron chi connectivity index (χ2n) is 3.88. The van der Waals surface area contributed by atoms with Gasteiger partial charge < -0.3 is 9.11 Å². The molecule has 3 nitrogen and oxygen atoms in total. The van der Waals surface area contributed by atoms with Crippen LogP contribution in [0.4, 0.5) is 13.2 Å². The Kier molecular flexibility index (Phi) is 3.00. The minimum absolute atomic E-state index is 0.224. The predicted octanol–water partition coefficient (Wildman–Crippen LogP) is 3.29. The highest BCUT2D eigenvalue weighted by Gasteiger charge is 2.41. The first kappa shape index (κ1) is 13.7. The number of benzene rings is 2. The summed E-state index contributed by atoms with van der Waals surface area (Å²) in [5.74, 6) is -4.53. The fraction of sp³-hybridized carbons (Fsp3) is 0. The molecule has 2 aromatic carbocycles. The summed E-state index contributed by atoms with van der Waals surface area (Å²) in [6.07, 6.45) is 0. The van der Waals surface area contributed by atoms with Crippen LogP contribution in [0.3, 0.4) is 0 Å². The predicted molar refractivity (Wildman–Crippen MR) is 62.7 cm³/mol. The third kappa shape index (κ3) is 2.27. The van der Waals surface area contributed by atoms with E-state index in [4.69, 9.17) is 0 Å². The first-order valence-corrected chi connectivity index (χ1v) is 6.95. The van der Waals surface area contributed by atoms with Gasteiger partial charge in [-0.3, -0.25) is 0 Å². The van der Waals surface area contributed by atoms with Gasteiger partial charge >= 0.3 is 0 Å². The summed E-state index contributed by atoms with van der Waals surface area (Å²) in [7, 11) is -5.94. The van der Waals surface area contributed by atoms with E-state index in [1.165, 1.54) is 18.2 Å². The van der Waals surface area contributed by atoms with E-state index in [1.54, 1.807) is 0 Å². The standard InChI is InChI=1S/C12H9F3O3S/c13-8-6-10(14)12(11(15)7-8)19(16,17,18)9-4-2-1-3-5-9/h1-7H,(H2,16,17,18). The maximum Gasteiger partial charge on any atom is 0.148 e. The summed E-state index contributed by atoms with van der Waals surface area (Å²) >= 11 is 0. The van der Waals surface area contributed by atoms with E-state index < -0.39 is 36.9 Å². The lowest BCUT2D eigenvalue weighted by Gasteiger charge is -2.31. The molecule has 2 N–H and O–H groups in total. The molecule has 0 atom stereocenters. The number of hydrogen-bond acceptors (Lipinski definition) is 1. The van der Waals surface area contributed by atoms with Crippen molar-refractivity contribution in [2.24, 2.45) is 0 Å². The molecule has 0 saturated heterocycles. The zero-order valence-electron chi connectivity index (χ0n) is 9.39. The van der Waals surface area contributed by atoms with Crippen molar-refractivity contribution in [3.8, 4) is 0 Å². The molecule has 2 rings (SSSR count). The van der Waals surface area contributed by atoms with Gasteiger partial charge in [0.1, 0.15) is 32.0 Å². The van der Waals surface area contributed by atoms with E-state index in [0.29, 0.717) is 0 Å². The van der Waals surface area contributed by atoms with E-state index in [-0.39, 0.29) is 12.1 Å². The van der Waals surface area contributed by atoms with Crippen molar-refractivity contribution in [3.63, 3.8) is 0 Å². The molecule has 0 radical (unpaired) electrons. The molecule has 0 unspecified atom stereocenters. The molecule has 0 aliphatic carbocycles. The molecule has 0 spiro atoms. The van der Waals surface area contributed by atoms with Crippen LogP contribution in [0.15, 0.2) is 52.3 Å². The zero-order valence-corrected chi connectivity index (χ0v) is 10.2. The van der Waals surface area contributed by atoms with Crippen molar-refractivity contribution in [2.75, 3.05) is 0 Å². The molecule has 0 saturated carbocycles. The monoisotopic (exact) mass is 290 g/mol. The zero-order chi connectivity index (χ0) is 14.3. The minimum atomic E-state index is -5.94. The lowest BCUT2D eigenvalue weighted by molar-refractivity contribution is 0.372. The number of rotatable bonds is 2. The maximum absolute atomic E-state index is 13.6. The Bertz CT molecular complexity index is 672. The summed E-state index contributed by atoms with van der Waals surface area (Å²) in [5, 5.41) is 0. The molecule has 2 aromatic rings. The molecule has 0 aliphatic heterocycles. The molecule has 0 aliphatic rings. The van der Waals surface area contributed by atoms with E-state index in [9.17, 15) is 26.5 Å². The van der Waals surface area contributed by atoms with Gasteiger partial charge in [0.05, 0.1) is 4.90 Å². The largest absolute Gasteiger partial charge is 0.301 e. The van der Waals surface area contributed by atoms with Crippen LogP contribution in [0, 0.1) is 17.5 Å². The highest BCUT2D eigenvalue weighted by atomic mass is 32.3. The van der Waals surface area contributed by atoms with E-state index in [1.807, 2.05) is 0 Å². The van der Waals surface area contributed by atoms with Crippen molar-refractivity contribution in [2.45, 2.75) is 9.79 Å². The van der Waals surface area contributed by atoms with Crippen molar-refractivity contribution in [3.05, 3.63) is 59.9 Å². The van der Waals surface area contributed by atoms with Crippen molar-refractivity contribution < 1.29 is 26.5 Å². The van der Waals surface area contributed by atoms with Crippen molar-refractivity contribution in [1.29, 1.82) is 0 Å². The van der Waals surface area contributed by atoms with Crippen LogP contribution >= 0.6 is 0 Å². The molecular formula is C12H9F3O3S. The highest BCUT2D eigenvalue weighted by molar-refractivity contribution is 8.10. The average Bonchev–Trinajstić information content (AvgIpc) is 2.27. The van der Waals surface area contributed by atoms with Gasteiger partial charge in [0.15, 0.2) is 0 Å². The van der Waals surface area contributed by atoms with Gasteiger partial charge in [-0.1, -0.05) is 18.2 Å². The summed E-state index contributed by atoms with van der Waals surface area (Å²) < 4.78 is 71.9. The molecule has 102 valence electrons. The van der Waals surface area contributed by atoms with E-state index in [2.05, 4.69) is 0 Å². The van der Waals surface area contributed by atoms with Gasteiger partial charge in [-0.15, -0.1) is 0 Å². The van der Waals surface area contributed by atoms with Gasteiger partial charge in [-0.05, 0) is 12.1 Å². The summed E-state index contributed by atoms with van der Waals surface area (Å²) in [6, 6.07) is 6.64. The maximum atomic E-state index is 13.6. The van der Waals surface area contributed by atoms with Gasteiger partial charge in [-0.2, -0.15) is 0 Å². The summed E-state index contributed by atoms with van der Waals surface area (Å²) in [6.45, 7) is 0. The smallest absolute Gasteiger partial charge is 0.148 e. The Labute approximate surface area is 106 Å². The Hall–Kier alpha value is -1.70. The second-order valence-corrected chi connectivity index (χ2v) is 6.49. The van der Waals surface area contributed by atoms with E-state index in [0.717, 1.165) is 12.1 Å². The topological polar surface area (TPSA) is 57.5 Å². The Balaban J connectivity index is 2.80. The fourth-order valence-electron chi connectivity index (χ4n) is 1.66. The minimum Gasteiger partial charge on any atom is -0.301 e. The molecule has 0 bridgehead atoms. The number of hydrogen-bond donors (Lipinski definition) is 2. The third-order valence-corrected chi connectivity index (χ3v) is 4.75. The molecular weight excluding hydrogens is 281 g/mol. The quantitative estimate of drug-likeness (QED) is 0.892. The highest BCUT2D eigenvalue weighted by Crippen LogP contribution is 2.40.